The summed E-state index contributed by atoms with van der Waals surface area (Å²) in [5.41, 5.74) is 1.12. The number of aromatic nitrogens is 2. The summed E-state index contributed by atoms with van der Waals surface area (Å²) < 4.78 is 6.98. The van der Waals surface area contributed by atoms with Gasteiger partial charge in [-0.2, -0.15) is 0 Å². The predicted molar refractivity (Wildman–Crippen MR) is 63.7 cm³/mol. The minimum atomic E-state index is 0.614. The zero-order chi connectivity index (χ0) is 12.1. The highest BCUT2D eigenvalue weighted by Gasteiger charge is 2.01. The molecule has 0 atom stereocenters. The summed E-state index contributed by atoms with van der Waals surface area (Å²) in [4.78, 5) is 4.06. The van der Waals surface area contributed by atoms with E-state index in [1.165, 1.54) is 6.21 Å². The molecule has 0 amide bonds. The molecule has 0 spiro atoms. The molecule has 1 heterocycles. The van der Waals surface area contributed by atoms with Crippen LogP contribution in [0.5, 0.6) is 5.75 Å². The van der Waals surface area contributed by atoms with Crippen LogP contribution in [0.3, 0.4) is 0 Å². The van der Waals surface area contributed by atoms with Gasteiger partial charge in [-0.25, -0.2) is 4.98 Å². The molecule has 0 unspecified atom stereocenters. The van der Waals surface area contributed by atoms with E-state index in [9.17, 15) is 0 Å². The molecule has 2 aromatic rings. The van der Waals surface area contributed by atoms with Gasteiger partial charge in [-0.3, -0.25) is 0 Å². The third-order valence-corrected chi connectivity index (χ3v) is 2.43. The first-order valence-electron chi connectivity index (χ1n) is 5.15. The van der Waals surface area contributed by atoms with E-state index in [-0.39, 0.29) is 0 Å². The molecule has 0 saturated heterocycles. The maximum atomic E-state index is 8.50. The second-order valence-corrected chi connectivity index (χ2v) is 3.51. The Labute approximate surface area is 99.0 Å². The number of imidazole rings is 1. The molecule has 1 aromatic heterocycles. The molecule has 5 heteroatoms. The van der Waals surface area contributed by atoms with E-state index < -0.39 is 0 Å². The van der Waals surface area contributed by atoms with Gasteiger partial charge >= 0.3 is 0 Å². The molecule has 1 N–H and O–H groups in total. The number of rotatable bonds is 4. The van der Waals surface area contributed by atoms with Gasteiger partial charge in [0.1, 0.15) is 12.0 Å². The monoisotopic (exact) mass is 231 g/mol. The molecular formula is C12H13N3O2. The summed E-state index contributed by atoms with van der Waals surface area (Å²) in [6, 6.07) is 7.79. The van der Waals surface area contributed by atoms with Crippen LogP contribution < -0.4 is 4.74 Å². The van der Waals surface area contributed by atoms with Gasteiger partial charge in [0.05, 0.1) is 7.11 Å². The van der Waals surface area contributed by atoms with E-state index in [4.69, 9.17) is 9.94 Å². The summed E-state index contributed by atoms with van der Waals surface area (Å²) in [7, 11) is 1.64. The van der Waals surface area contributed by atoms with Crippen LogP contribution >= 0.6 is 0 Å². The number of methoxy groups -OCH3 is 1. The lowest BCUT2D eigenvalue weighted by Gasteiger charge is -2.06. The minimum absolute atomic E-state index is 0.614. The van der Waals surface area contributed by atoms with Crippen molar-refractivity contribution in [3.8, 4) is 5.75 Å². The number of ether oxygens (including phenoxy) is 1. The number of benzene rings is 1. The van der Waals surface area contributed by atoms with Crippen molar-refractivity contribution in [2.75, 3.05) is 7.11 Å². The van der Waals surface area contributed by atoms with E-state index in [1.807, 2.05) is 35.0 Å². The van der Waals surface area contributed by atoms with Crippen LogP contribution in [0.1, 0.15) is 11.4 Å². The summed E-state index contributed by atoms with van der Waals surface area (Å²) in [6.45, 7) is 0.672. The molecular weight excluding hydrogens is 218 g/mol. The number of hydrogen-bond donors (Lipinski definition) is 1. The average Bonchev–Trinajstić information content (AvgIpc) is 2.78. The SMILES string of the molecule is COc1ccc(Cn2ccnc2/C=N/O)cc1. The van der Waals surface area contributed by atoms with Crippen molar-refractivity contribution >= 4 is 6.21 Å². The van der Waals surface area contributed by atoms with Crippen molar-refractivity contribution in [2.45, 2.75) is 6.54 Å². The molecule has 0 aliphatic heterocycles. The van der Waals surface area contributed by atoms with Crippen molar-refractivity contribution in [1.29, 1.82) is 0 Å². The second kappa shape index (κ2) is 5.16. The van der Waals surface area contributed by atoms with E-state index in [1.54, 1.807) is 13.3 Å². The lowest BCUT2D eigenvalue weighted by molar-refractivity contribution is 0.321. The summed E-state index contributed by atoms with van der Waals surface area (Å²) in [5, 5.41) is 11.5. The fourth-order valence-corrected chi connectivity index (χ4v) is 1.56. The molecule has 88 valence electrons. The summed E-state index contributed by atoms with van der Waals surface area (Å²) in [6.07, 6.45) is 4.81. The third-order valence-electron chi connectivity index (χ3n) is 2.43. The standard InChI is InChI=1S/C12H13N3O2/c1-17-11-4-2-10(3-5-11)9-15-7-6-13-12(15)8-14-16/h2-8,16H,9H2,1H3/b14-8+. The lowest BCUT2D eigenvalue weighted by Crippen LogP contribution is -2.03. The van der Waals surface area contributed by atoms with Gasteiger partial charge < -0.3 is 14.5 Å². The molecule has 17 heavy (non-hydrogen) atoms. The lowest BCUT2D eigenvalue weighted by atomic mass is 10.2. The van der Waals surface area contributed by atoms with Crippen LogP contribution in [-0.2, 0) is 6.54 Å². The molecule has 0 fully saturated rings. The Morgan fingerprint density at radius 1 is 1.41 bits per heavy atom. The van der Waals surface area contributed by atoms with Crippen LogP contribution in [0.2, 0.25) is 0 Å². The highest BCUT2D eigenvalue weighted by Crippen LogP contribution is 2.12. The van der Waals surface area contributed by atoms with Crippen molar-refractivity contribution < 1.29 is 9.94 Å². The van der Waals surface area contributed by atoms with E-state index in [0.717, 1.165) is 11.3 Å². The second-order valence-electron chi connectivity index (χ2n) is 3.51. The fourth-order valence-electron chi connectivity index (χ4n) is 1.56. The van der Waals surface area contributed by atoms with Crippen molar-refractivity contribution in [1.82, 2.24) is 9.55 Å². The van der Waals surface area contributed by atoms with Crippen molar-refractivity contribution in [3.05, 3.63) is 48.0 Å². The Bertz CT molecular complexity index is 503. The largest absolute Gasteiger partial charge is 0.497 e. The van der Waals surface area contributed by atoms with Gasteiger partial charge in [0.15, 0.2) is 5.82 Å². The predicted octanol–water partition coefficient (Wildman–Crippen LogP) is 1.75. The van der Waals surface area contributed by atoms with Crippen LogP contribution in [0.4, 0.5) is 0 Å². The Kier molecular flexibility index (Phi) is 3.40. The maximum absolute atomic E-state index is 8.50. The Balaban J connectivity index is 2.16. The van der Waals surface area contributed by atoms with Gasteiger partial charge in [0.2, 0.25) is 0 Å². The summed E-state index contributed by atoms with van der Waals surface area (Å²) >= 11 is 0. The highest BCUT2D eigenvalue weighted by atomic mass is 16.5. The Morgan fingerprint density at radius 3 is 2.82 bits per heavy atom. The van der Waals surface area contributed by atoms with E-state index in [2.05, 4.69) is 10.1 Å². The first-order valence-corrected chi connectivity index (χ1v) is 5.15. The number of oxime groups is 1. The zero-order valence-corrected chi connectivity index (χ0v) is 9.45. The minimum Gasteiger partial charge on any atom is -0.497 e. The van der Waals surface area contributed by atoms with E-state index in [0.29, 0.717) is 12.4 Å². The molecule has 0 bridgehead atoms. The van der Waals surface area contributed by atoms with Crippen LogP contribution in [0, 0.1) is 0 Å². The fraction of sp³-hybridized carbons (Fsp3) is 0.167. The van der Waals surface area contributed by atoms with Crippen molar-refractivity contribution in [2.24, 2.45) is 5.16 Å². The van der Waals surface area contributed by atoms with Crippen molar-refractivity contribution in [3.63, 3.8) is 0 Å². The molecule has 0 aliphatic carbocycles. The third kappa shape index (κ3) is 2.63. The van der Waals surface area contributed by atoms with Gasteiger partial charge in [-0.05, 0) is 17.7 Å². The molecule has 0 radical (unpaired) electrons. The number of hydrogen-bond acceptors (Lipinski definition) is 4. The van der Waals surface area contributed by atoms with Crippen LogP contribution in [0.15, 0.2) is 41.8 Å². The first-order chi connectivity index (χ1) is 8.33. The van der Waals surface area contributed by atoms with Crippen LogP contribution in [0.25, 0.3) is 0 Å². The van der Waals surface area contributed by atoms with Gasteiger partial charge in [0, 0.05) is 18.9 Å². The molecule has 0 aliphatic rings. The highest BCUT2D eigenvalue weighted by molar-refractivity contribution is 5.74. The Hall–Kier alpha value is -2.30. The number of nitrogens with zero attached hydrogens (tertiary/aromatic N) is 3. The maximum Gasteiger partial charge on any atom is 0.154 e. The molecule has 5 nitrogen and oxygen atoms in total. The zero-order valence-electron chi connectivity index (χ0n) is 9.45. The normalized spacial score (nSPS) is 10.9. The average molecular weight is 231 g/mol. The molecule has 2 rings (SSSR count). The molecule has 0 saturated carbocycles. The van der Waals surface area contributed by atoms with Gasteiger partial charge in [0.25, 0.3) is 0 Å². The van der Waals surface area contributed by atoms with Gasteiger partial charge in [-0.15, -0.1) is 0 Å². The topological polar surface area (TPSA) is 59.6 Å². The quantitative estimate of drug-likeness (QED) is 0.495. The molecule has 1 aromatic carbocycles. The van der Waals surface area contributed by atoms with Crippen LogP contribution in [-0.4, -0.2) is 28.1 Å². The Morgan fingerprint density at radius 2 is 2.18 bits per heavy atom. The first kappa shape index (κ1) is 11.2. The smallest absolute Gasteiger partial charge is 0.154 e. The van der Waals surface area contributed by atoms with E-state index >= 15 is 0 Å². The summed E-state index contributed by atoms with van der Waals surface area (Å²) in [5.74, 6) is 1.44. The van der Waals surface area contributed by atoms with Gasteiger partial charge in [-0.1, -0.05) is 17.3 Å².